The molecule has 0 spiro atoms. The van der Waals surface area contributed by atoms with Gasteiger partial charge in [-0.25, -0.2) is 4.98 Å². The number of rotatable bonds is 5. The second-order valence-corrected chi connectivity index (χ2v) is 6.47. The molecule has 2 aromatic heterocycles. The molecule has 7 heteroatoms. The van der Waals surface area contributed by atoms with Crippen molar-refractivity contribution in [2.24, 2.45) is 0 Å². The molecule has 0 fully saturated rings. The molecular formula is C19H22N6O. The first kappa shape index (κ1) is 16.5. The van der Waals surface area contributed by atoms with Crippen LogP contribution in [0.1, 0.15) is 24.2 Å². The Labute approximate surface area is 151 Å². The molecule has 1 aromatic carbocycles. The summed E-state index contributed by atoms with van der Waals surface area (Å²) in [6.45, 7) is 2.81. The molecule has 3 N–H and O–H groups in total. The number of hydrogen-bond donors (Lipinski definition) is 3. The number of aryl methyl sites for hydroxylation is 2. The number of hydrogen-bond acceptors (Lipinski definition) is 4. The van der Waals surface area contributed by atoms with Crippen molar-refractivity contribution >= 4 is 11.6 Å². The zero-order valence-corrected chi connectivity index (χ0v) is 14.5. The van der Waals surface area contributed by atoms with Crippen molar-refractivity contribution in [3.05, 3.63) is 54.2 Å². The molecule has 0 bridgehead atoms. The van der Waals surface area contributed by atoms with Crippen LogP contribution in [0.4, 0.5) is 5.69 Å². The maximum atomic E-state index is 12.3. The Kier molecular flexibility index (Phi) is 4.79. The highest BCUT2D eigenvalue weighted by Crippen LogP contribution is 2.20. The normalized spacial score (nSPS) is 13.8. The lowest BCUT2D eigenvalue weighted by Crippen LogP contribution is -2.13. The van der Waals surface area contributed by atoms with Crippen LogP contribution in [0.3, 0.4) is 0 Å². The van der Waals surface area contributed by atoms with Gasteiger partial charge in [-0.05, 0) is 31.2 Å². The van der Waals surface area contributed by atoms with Crippen LogP contribution in [0.15, 0.2) is 42.9 Å². The minimum Gasteiger partial charge on any atom is -0.345 e. The van der Waals surface area contributed by atoms with Crippen LogP contribution in [0.25, 0.3) is 11.3 Å². The van der Waals surface area contributed by atoms with E-state index in [-0.39, 0.29) is 5.91 Å². The highest BCUT2D eigenvalue weighted by atomic mass is 16.1. The number of nitrogens with one attached hydrogen (secondary N) is 3. The van der Waals surface area contributed by atoms with Crippen molar-refractivity contribution < 1.29 is 4.79 Å². The second kappa shape index (κ2) is 7.53. The molecule has 0 saturated carbocycles. The van der Waals surface area contributed by atoms with Crippen molar-refractivity contribution in [1.29, 1.82) is 0 Å². The molecule has 0 atom stereocenters. The number of carbonyl (C=O) groups excluding carboxylic acids is 1. The number of aromatic nitrogens is 4. The molecular weight excluding hydrogens is 328 g/mol. The summed E-state index contributed by atoms with van der Waals surface area (Å²) in [7, 11) is 0. The Hall–Kier alpha value is -2.93. The van der Waals surface area contributed by atoms with Gasteiger partial charge in [0, 0.05) is 37.2 Å². The van der Waals surface area contributed by atoms with E-state index < -0.39 is 0 Å². The zero-order valence-electron chi connectivity index (χ0n) is 14.5. The molecule has 0 radical (unpaired) electrons. The summed E-state index contributed by atoms with van der Waals surface area (Å²) in [5.41, 5.74) is 4.88. The Morgan fingerprint density at radius 3 is 3.15 bits per heavy atom. The van der Waals surface area contributed by atoms with E-state index in [9.17, 15) is 4.79 Å². The lowest BCUT2D eigenvalue weighted by atomic mass is 10.1. The van der Waals surface area contributed by atoms with Gasteiger partial charge in [-0.2, -0.15) is 5.10 Å². The molecule has 1 amide bonds. The minimum absolute atomic E-state index is 0.00641. The van der Waals surface area contributed by atoms with E-state index in [2.05, 4.69) is 36.4 Å². The van der Waals surface area contributed by atoms with Crippen molar-refractivity contribution in [2.45, 2.75) is 32.4 Å². The van der Waals surface area contributed by atoms with Crippen LogP contribution in [0, 0.1) is 0 Å². The predicted molar refractivity (Wildman–Crippen MR) is 99.5 cm³/mol. The first-order valence-electron chi connectivity index (χ1n) is 8.93. The van der Waals surface area contributed by atoms with Gasteiger partial charge in [0.2, 0.25) is 5.91 Å². The molecule has 3 heterocycles. The predicted octanol–water partition coefficient (Wildman–Crippen LogP) is 2.34. The summed E-state index contributed by atoms with van der Waals surface area (Å²) in [4.78, 5) is 19.4. The summed E-state index contributed by atoms with van der Waals surface area (Å²) in [6.07, 6.45) is 5.55. The summed E-state index contributed by atoms with van der Waals surface area (Å²) in [5, 5.41) is 11.0. The van der Waals surface area contributed by atoms with Crippen molar-refractivity contribution in [2.75, 3.05) is 11.9 Å². The van der Waals surface area contributed by atoms with Gasteiger partial charge in [0.05, 0.1) is 29.6 Å². The summed E-state index contributed by atoms with van der Waals surface area (Å²) < 4.78 is 2.06. The molecule has 0 aliphatic carbocycles. The molecule has 1 aliphatic heterocycles. The van der Waals surface area contributed by atoms with Crippen molar-refractivity contribution in [1.82, 2.24) is 25.1 Å². The Morgan fingerprint density at radius 2 is 2.27 bits per heavy atom. The monoisotopic (exact) mass is 350 g/mol. The fraction of sp³-hybridized carbons (Fsp3) is 0.316. The van der Waals surface area contributed by atoms with Gasteiger partial charge in [0.1, 0.15) is 0 Å². The molecule has 0 saturated heterocycles. The summed E-state index contributed by atoms with van der Waals surface area (Å²) in [5.74, 6) is -0.00641. The van der Waals surface area contributed by atoms with E-state index in [4.69, 9.17) is 0 Å². The number of imidazole rings is 1. The SMILES string of the molecule is O=C(CCc1cc2n(n1)CCCNC2)Nc1cccc(-c2cnc[nH]2)c1. The van der Waals surface area contributed by atoms with Crippen LogP contribution in [-0.4, -0.2) is 32.2 Å². The fourth-order valence-electron chi connectivity index (χ4n) is 3.19. The van der Waals surface area contributed by atoms with Gasteiger partial charge >= 0.3 is 0 Å². The van der Waals surface area contributed by atoms with Crippen LogP contribution in [0.2, 0.25) is 0 Å². The average Bonchev–Trinajstić information content (AvgIpc) is 3.26. The van der Waals surface area contributed by atoms with Crippen LogP contribution in [0.5, 0.6) is 0 Å². The van der Waals surface area contributed by atoms with Crippen LogP contribution < -0.4 is 10.6 Å². The number of H-pyrrole nitrogens is 1. The van der Waals surface area contributed by atoms with Crippen LogP contribution in [-0.2, 0) is 24.3 Å². The van der Waals surface area contributed by atoms with E-state index in [0.29, 0.717) is 12.8 Å². The Balaban J connectivity index is 1.35. The van der Waals surface area contributed by atoms with E-state index in [0.717, 1.165) is 48.7 Å². The third-order valence-corrected chi connectivity index (χ3v) is 4.51. The van der Waals surface area contributed by atoms with Gasteiger partial charge in [-0.1, -0.05) is 12.1 Å². The highest BCUT2D eigenvalue weighted by Gasteiger charge is 2.12. The quantitative estimate of drug-likeness (QED) is 0.659. The molecule has 134 valence electrons. The van der Waals surface area contributed by atoms with Gasteiger partial charge < -0.3 is 15.6 Å². The fourth-order valence-corrected chi connectivity index (χ4v) is 3.19. The number of carbonyl (C=O) groups is 1. The molecule has 4 rings (SSSR count). The van der Waals surface area contributed by atoms with E-state index in [1.165, 1.54) is 5.69 Å². The summed E-state index contributed by atoms with van der Waals surface area (Å²) in [6, 6.07) is 9.84. The number of nitrogens with zero attached hydrogens (tertiary/aromatic N) is 3. The molecule has 7 nitrogen and oxygen atoms in total. The Morgan fingerprint density at radius 1 is 1.31 bits per heavy atom. The molecule has 1 aliphatic rings. The number of amides is 1. The first-order chi connectivity index (χ1) is 12.8. The smallest absolute Gasteiger partial charge is 0.224 e. The van der Waals surface area contributed by atoms with Crippen molar-refractivity contribution in [3.8, 4) is 11.3 Å². The maximum absolute atomic E-state index is 12.3. The van der Waals surface area contributed by atoms with Gasteiger partial charge in [0.25, 0.3) is 0 Å². The third-order valence-electron chi connectivity index (χ3n) is 4.51. The molecule has 0 unspecified atom stereocenters. The number of anilines is 1. The lowest BCUT2D eigenvalue weighted by molar-refractivity contribution is -0.116. The standard InChI is InChI=1S/C19H22N6O/c26-19(6-5-16-10-17-11-20-7-2-8-25(17)24-16)23-15-4-1-3-14(9-15)18-12-21-13-22-18/h1,3-4,9-10,12-13,20H,2,5-8,11H2,(H,21,22)(H,23,26). The number of benzene rings is 1. The van der Waals surface area contributed by atoms with E-state index in [1.807, 2.05) is 24.3 Å². The van der Waals surface area contributed by atoms with E-state index >= 15 is 0 Å². The Bertz CT molecular complexity index is 860. The van der Waals surface area contributed by atoms with Gasteiger partial charge in [-0.3, -0.25) is 9.48 Å². The zero-order chi connectivity index (χ0) is 17.8. The van der Waals surface area contributed by atoms with Gasteiger partial charge in [0.15, 0.2) is 0 Å². The molecule has 26 heavy (non-hydrogen) atoms. The van der Waals surface area contributed by atoms with Crippen LogP contribution >= 0.6 is 0 Å². The second-order valence-electron chi connectivity index (χ2n) is 6.47. The number of fused-ring (bicyclic) bond motifs is 1. The van der Waals surface area contributed by atoms with Crippen molar-refractivity contribution in [3.63, 3.8) is 0 Å². The third kappa shape index (κ3) is 3.83. The molecule has 3 aromatic rings. The first-order valence-corrected chi connectivity index (χ1v) is 8.93. The largest absolute Gasteiger partial charge is 0.345 e. The lowest BCUT2D eigenvalue weighted by Gasteiger charge is -2.06. The maximum Gasteiger partial charge on any atom is 0.224 e. The van der Waals surface area contributed by atoms with Gasteiger partial charge in [-0.15, -0.1) is 0 Å². The summed E-state index contributed by atoms with van der Waals surface area (Å²) >= 11 is 0. The minimum atomic E-state index is -0.00641. The highest BCUT2D eigenvalue weighted by molar-refractivity contribution is 5.91. The van der Waals surface area contributed by atoms with E-state index in [1.54, 1.807) is 12.5 Å². The topological polar surface area (TPSA) is 87.6 Å². The number of aromatic amines is 1. The average molecular weight is 350 g/mol.